The maximum absolute atomic E-state index is 5.65. The number of ether oxygens (including phenoxy) is 2. The highest BCUT2D eigenvalue weighted by atomic mass is 16.6. The Kier molecular flexibility index (Phi) is 3.24. The quantitative estimate of drug-likeness (QED) is 0.936. The molecule has 1 aliphatic carbocycles. The number of pyridine rings is 1. The van der Waals surface area contributed by atoms with E-state index in [1.54, 1.807) is 0 Å². The minimum atomic E-state index is 0.611. The number of nitrogens with one attached hydrogen (secondary N) is 1. The fourth-order valence-electron chi connectivity index (χ4n) is 2.51. The SMILES string of the molecule is c1ncc(-c2ccc3c(c2)OCCO3)cc1CNC1CC1. The maximum atomic E-state index is 5.65. The fourth-order valence-corrected chi connectivity index (χ4v) is 2.51. The Bertz CT molecular complexity index is 653. The summed E-state index contributed by atoms with van der Waals surface area (Å²) in [4.78, 5) is 4.36. The first-order valence-corrected chi connectivity index (χ1v) is 7.46. The molecule has 1 aromatic carbocycles. The molecule has 0 spiro atoms. The second-order valence-electron chi connectivity index (χ2n) is 5.60. The molecule has 1 saturated carbocycles. The van der Waals surface area contributed by atoms with Crippen LogP contribution in [-0.4, -0.2) is 24.2 Å². The Hall–Kier alpha value is -2.07. The summed E-state index contributed by atoms with van der Waals surface area (Å²) in [5.74, 6) is 1.64. The first kappa shape index (κ1) is 12.7. The van der Waals surface area contributed by atoms with Crippen molar-refractivity contribution in [2.24, 2.45) is 0 Å². The fraction of sp³-hybridized carbons (Fsp3) is 0.353. The third-order valence-corrected chi connectivity index (χ3v) is 3.84. The first-order valence-electron chi connectivity index (χ1n) is 7.46. The Balaban J connectivity index is 1.58. The van der Waals surface area contributed by atoms with E-state index in [0.717, 1.165) is 29.2 Å². The van der Waals surface area contributed by atoms with Crippen LogP contribution in [0.5, 0.6) is 11.5 Å². The van der Waals surface area contributed by atoms with Gasteiger partial charge in [-0.2, -0.15) is 0 Å². The number of nitrogens with zero attached hydrogens (tertiary/aromatic N) is 1. The zero-order chi connectivity index (χ0) is 14.1. The largest absolute Gasteiger partial charge is 0.486 e. The highest BCUT2D eigenvalue weighted by molar-refractivity contribution is 5.67. The molecule has 108 valence electrons. The molecule has 0 amide bonds. The van der Waals surface area contributed by atoms with E-state index < -0.39 is 0 Å². The van der Waals surface area contributed by atoms with Gasteiger partial charge < -0.3 is 14.8 Å². The van der Waals surface area contributed by atoms with E-state index >= 15 is 0 Å². The molecule has 4 nitrogen and oxygen atoms in total. The summed E-state index contributed by atoms with van der Waals surface area (Å²) in [6.07, 6.45) is 6.42. The molecular formula is C17H18N2O2. The lowest BCUT2D eigenvalue weighted by Crippen LogP contribution is -2.15. The van der Waals surface area contributed by atoms with Gasteiger partial charge in [0, 0.05) is 30.5 Å². The molecule has 0 atom stereocenters. The number of hydrogen-bond acceptors (Lipinski definition) is 4. The highest BCUT2D eigenvalue weighted by Gasteiger charge is 2.20. The van der Waals surface area contributed by atoms with Crippen LogP contribution in [0.25, 0.3) is 11.1 Å². The van der Waals surface area contributed by atoms with Crippen LogP contribution in [0.1, 0.15) is 18.4 Å². The van der Waals surface area contributed by atoms with Crippen molar-refractivity contribution in [3.63, 3.8) is 0 Å². The maximum Gasteiger partial charge on any atom is 0.161 e. The van der Waals surface area contributed by atoms with E-state index in [9.17, 15) is 0 Å². The van der Waals surface area contributed by atoms with Crippen LogP contribution in [0.2, 0.25) is 0 Å². The van der Waals surface area contributed by atoms with E-state index in [1.807, 2.05) is 24.5 Å². The highest BCUT2D eigenvalue weighted by Crippen LogP contribution is 2.34. The molecule has 1 aliphatic heterocycles. The Morgan fingerprint density at radius 3 is 2.71 bits per heavy atom. The molecule has 2 aromatic rings. The van der Waals surface area contributed by atoms with Crippen molar-refractivity contribution in [1.29, 1.82) is 0 Å². The van der Waals surface area contributed by atoms with Crippen LogP contribution in [0.15, 0.2) is 36.7 Å². The van der Waals surface area contributed by atoms with E-state index in [4.69, 9.17) is 9.47 Å². The van der Waals surface area contributed by atoms with Gasteiger partial charge in [0.1, 0.15) is 13.2 Å². The van der Waals surface area contributed by atoms with Gasteiger partial charge in [-0.05, 0) is 42.2 Å². The lowest BCUT2D eigenvalue weighted by Gasteiger charge is -2.19. The second-order valence-corrected chi connectivity index (χ2v) is 5.60. The Morgan fingerprint density at radius 2 is 1.86 bits per heavy atom. The number of rotatable bonds is 4. The van der Waals surface area contributed by atoms with Crippen LogP contribution >= 0.6 is 0 Å². The molecule has 0 radical (unpaired) electrons. The summed E-state index contributed by atoms with van der Waals surface area (Å²) < 4.78 is 11.2. The predicted octanol–water partition coefficient (Wildman–Crippen LogP) is 2.77. The topological polar surface area (TPSA) is 43.4 Å². The Labute approximate surface area is 124 Å². The van der Waals surface area contributed by atoms with Crippen molar-refractivity contribution < 1.29 is 9.47 Å². The molecule has 0 saturated heterocycles. The van der Waals surface area contributed by atoms with Crippen LogP contribution in [0.3, 0.4) is 0 Å². The van der Waals surface area contributed by atoms with Gasteiger partial charge in [-0.15, -0.1) is 0 Å². The van der Waals surface area contributed by atoms with Crippen LogP contribution in [0, 0.1) is 0 Å². The molecule has 21 heavy (non-hydrogen) atoms. The monoisotopic (exact) mass is 282 g/mol. The van der Waals surface area contributed by atoms with Crippen molar-refractivity contribution in [2.45, 2.75) is 25.4 Å². The molecule has 4 heteroatoms. The number of aromatic nitrogens is 1. The van der Waals surface area contributed by atoms with Crippen molar-refractivity contribution in [1.82, 2.24) is 10.3 Å². The molecule has 1 N–H and O–H groups in total. The second kappa shape index (κ2) is 5.37. The van der Waals surface area contributed by atoms with E-state index in [1.165, 1.54) is 18.4 Å². The van der Waals surface area contributed by atoms with Crippen LogP contribution in [-0.2, 0) is 6.54 Å². The minimum Gasteiger partial charge on any atom is -0.486 e. The van der Waals surface area contributed by atoms with Crippen LogP contribution < -0.4 is 14.8 Å². The van der Waals surface area contributed by atoms with Gasteiger partial charge in [-0.3, -0.25) is 4.98 Å². The van der Waals surface area contributed by atoms with Gasteiger partial charge in [-0.1, -0.05) is 6.07 Å². The minimum absolute atomic E-state index is 0.611. The summed E-state index contributed by atoms with van der Waals surface area (Å²) in [5.41, 5.74) is 3.44. The van der Waals surface area contributed by atoms with Gasteiger partial charge in [-0.25, -0.2) is 0 Å². The molecule has 1 aromatic heterocycles. The Morgan fingerprint density at radius 1 is 1.00 bits per heavy atom. The third-order valence-electron chi connectivity index (χ3n) is 3.84. The molecule has 0 unspecified atom stereocenters. The molecule has 2 heterocycles. The summed E-state index contributed by atoms with van der Waals surface area (Å²) >= 11 is 0. The van der Waals surface area contributed by atoms with Crippen molar-refractivity contribution in [2.75, 3.05) is 13.2 Å². The molecule has 0 bridgehead atoms. The summed E-state index contributed by atoms with van der Waals surface area (Å²) in [5, 5.41) is 3.52. The van der Waals surface area contributed by atoms with E-state index in [-0.39, 0.29) is 0 Å². The van der Waals surface area contributed by atoms with Gasteiger partial charge in [0.05, 0.1) is 0 Å². The van der Waals surface area contributed by atoms with Gasteiger partial charge in [0.25, 0.3) is 0 Å². The number of hydrogen-bond donors (Lipinski definition) is 1. The lowest BCUT2D eigenvalue weighted by molar-refractivity contribution is 0.171. The predicted molar refractivity (Wildman–Crippen MR) is 80.5 cm³/mol. The molecule has 2 aliphatic rings. The van der Waals surface area contributed by atoms with Crippen LogP contribution in [0.4, 0.5) is 0 Å². The third kappa shape index (κ3) is 2.85. The zero-order valence-electron chi connectivity index (χ0n) is 11.8. The lowest BCUT2D eigenvalue weighted by atomic mass is 10.1. The molecular weight excluding hydrogens is 264 g/mol. The van der Waals surface area contributed by atoms with Crippen molar-refractivity contribution >= 4 is 0 Å². The molecule has 1 fully saturated rings. The van der Waals surface area contributed by atoms with Crippen molar-refractivity contribution in [3.05, 3.63) is 42.2 Å². The number of benzene rings is 1. The average molecular weight is 282 g/mol. The standard InChI is InChI=1S/C17H18N2O2/c1-4-16-17(21-6-5-20-16)8-13(1)14-7-12(9-18-11-14)10-19-15-2-3-15/h1,4,7-9,11,15,19H,2-3,5-6,10H2. The number of fused-ring (bicyclic) bond motifs is 1. The van der Waals surface area contributed by atoms with Gasteiger partial charge in [0.2, 0.25) is 0 Å². The first-order chi connectivity index (χ1) is 10.4. The normalized spacial score (nSPS) is 16.8. The smallest absolute Gasteiger partial charge is 0.161 e. The van der Waals surface area contributed by atoms with Crippen molar-refractivity contribution in [3.8, 4) is 22.6 Å². The zero-order valence-corrected chi connectivity index (χ0v) is 11.8. The average Bonchev–Trinajstić information content (AvgIpc) is 3.37. The van der Waals surface area contributed by atoms with E-state index in [2.05, 4.69) is 22.4 Å². The van der Waals surface area contributed by atoms with Gasteiger partial charge >= 0.3 is 0 Å². The summed E-state index contributed by atoms with van der Waals surface area (Å²) in [7, 11) is 0. The summed E-state index contributed by atoms with van der Waals surface area (Å²) in [6.45, 7) is 2.12. The van der Waals surface area contributed by atoms with Gasteiger partial charge in [0.15, 0.2) is 11.5 Å². The summed E-state index contributed by atoms with van der Waals surface area (Å²) in [6, 6.07) is 8.96. The molecule has 4 rings (SSSR count). The van der Waals surface area contributed by atoms with E-state index in [0.29, 0.717) is 19.3 Å².